The number of nitrogens with one attached hydrogen (secondary N) is 1. The lowest BCUT2D eigenvalue weighted by Gasteiger charge is -2.20. The number of fused-ring (bicyclic) bond motifs is 1. The second-order valence-electron chi connectivity index (χ2n) is 8.78. The predicted molar refractivity (Wildman–Crippen MR) is 116 cm³/mol. The molecular formula is C23H35N3O4. The zero-order chi connectivity index (χ0) is 21.5. The van der Waals surface area contributed by atoms with Gasteiger partial charge in [-0.2, -0.15) is 0 Å². The normalized spacial score (nSPS) is 21.1. The van der Waals surface area contributed by atoms with Gasteiger partial charge in [0.25, 0.3) is 0 Å². The van der Waals surface area contributed by atoms with Gasteiger partial charge in [-0.25, -0.2) is 0 Å². The largest absolute Gasteiger partial charge is 0.364 e. The Morgan fingerprint density at radius 2 is 1.77 bits per heavy atom. The first kappa shape index (κ1) is 22.7. The van der Waals surface area contributed by atoms with E-state index in [1.807, 2.05) is 7.05 Å². The second-order valence-corrected chi connectivity index (χ2v) is 8.78. The van der Waals surface area contributed by atoms with Crippen LogP contribution in [0, 0.1) is 11.8 Å². The number of likely N-dealkylation sites (tertiary alicyclic amines) is 1. The van der Waals surface area contributed by atoms with Crippen LogP contribution in [0.5, 0.6) is 0 Å². The van der Waals surface area contributed by atoms with Crippen molar-refractivity contribution >= 4 is 17.5 Å². The maximum Gasteiger partial charge on any atom is 0.224 e. The average molecular weight is 418 g/mol. The summed E-state index contributed by atoms with van der Waals surface area (Å²) in [6.45, 7) is 3.87. The Morgan fingerprint density at radius 3 is 2.40 bits per heavy atom. The average Bonchev–Trinajstić information content (AvgIpc) is 3.31. The lowest BCUT2D eigenvalue weighted by Crippen LogP contribution is -2.32. The monoisotopic (exact) mass is 417 g/mol. The fourth-order valence-electron chi connectivity index (χ4n) is 4.68. The zero-order valence-corrected chi connectivity index (χ0v) is 17.9. The lowest BCUT2D eigenvalue weighted by atomic mass is 10.0. The molecule has 1 aromatic rings. The van der Waals surface area contributed by atoms with E-state index in [1.54, 1.807) is 29.2 Å². The van der Waals surface area contributed by atoms with Crippen LogP contribution in [0.15, 0.2) is 24.3 Å². The number of anilines is 1. The van der Waals surface area contributed by atoms with E-state index < -0.39 is 6.29 Å². The molecule has 2 aliphatic rings. The zero-order valence-electron chi connectivity index (χ0n) is 17.9. The van der Waals surface area contributed by atoms with Crippen molar-refractivity contribution in [2.75, 3.05) is 38.5 Å². The van der Waals surface area contributed by atoms with Gasteiger partial charge in [0.2, 0.25) is 11.8 Å². The number of hydrogen-bond donors (Lipinski definition) is 3. The molecule has 2 fully saturated rings. The van der Waals surface area contributed by atoms with Crippen LogP contribution in [0.25, 0.3) is 0 Å². The molecule has 1 heterocycles. The molecule has 1 aliphatic carbocycles. The first-order valence-electron chi connectivity index (χ1n) is 11.1. The molecule has 1 saturated heterocycles. The fourth-order valence-corrected chi connectivity index (χ4v) is 4.68. The summed E-state index contributed by atoms with van der Waals surface area (Å²) in [4.78, 5) is 28.7. The molecule has 166 valence electrons. The van der Waals surface area contributed by atoms with Crippen LogP contribution < -0.4 is 5.32 Å². The van der Waals surface area contributed by atoms with Crippen molar-refractivity contribution in [3.8, 4) is 0 Å². The molecule has 2 atom stereocenters. The molecule has 2 unspecified atom stereocenters. The van der Waals surface area contributed by atoms with Crippen molar-refractivity contribution in [2.45, 2.75) is 51.2 Å². The third-order valence-corrected chi connectivity index (χ3v) is 6.51. The first-order chi connectivity index (χ1) is 14.4. The molecule has 0 spiro atoms. The summed E-state index contributed by atoms with van der Waals surface area (Å²) in [5.41, 5.74) is 1.01. The molecule has 3 N–H and O–H groups in total. The Bertz CT molecular complexity index is 695. The molecule has 1 saturated carbocycles. The standard InChI is InChI=1S/C23H35N3O4/c1-25(22(28)12-14-26-15-18-5-4-6-19(18)16-26)13-3-2-7-21(27)24-20-10-8-17(9-11-20)23(29)30/h8-11,18-19,23,29-30H,2-7,12-16H2,1H3,(H,24,27). The summed E-state index contributed by atoms with van der Waals surface area (Å²) in [6.07, 6.45) is 5.07. The van der Waals surface area contributed by atoms with Crippen molar-refractivity contribution in [3.63, 3.8) is 0 Å². The Hall–Kier alpha value is -1.96. The van der Waals surface area contributed by atoms with Crippen molar-refractivity contribution in [2.24, 2.45) is 11.8 Å². The van der Waals surface area contributed by atoms with Gasteiger partial charge in [-0.1, -0.05) is 18.6 Å². The topological polar surface area (TPSA) is 93.1 Å². The van der Waals surface area contributed by atoms with E-state index in [-0.39, 0.29) is 11.8 Å². The highest BCUT2D eigenvalue weighted by atomic mass is 16.5. The van der Waals surface area contributed by atoms with Crippen LogP contribution in [0.2, 0.25) is 0 Å². The van der Waals surface area contributed by atoms with Crippen molar-refractivity contribution < 1.29 is 19.8 Å². The molecule has 2 amide bonds. The number of aliphatic hydroxyl groups is 2. The summed E-state index contributed by atoms with van der Waals surface area (Å²) in [6, 6.07) is 6.42. The first-order valence-corrected chi connectivity index (χ1v) is 11.1. The molecule has 30 heavy (non-hydrogen) atoms. The van der Waals surface area contributed by atoms with Gasteiger partial charge < -0.3 is 25.3 Å². The molecule has 7 nitrogen and oxygen atoms in total. The van der Waals surface area contributed by atoms with Crippen LogP contribution >= 0.6 is 0 Å². The molecular weight excluding hydrogens is 382 g/mol. The maximum absolute atomic E-state index is 12.4. The molecule has 0 radical (unpaired) electrons. The van der Waals surface area contributed by atoms with E-state index in [0.717, 1.165) is 24.8 Å². The minimum atomic E-state index is -1.51. The number of carbonyl (C=O) groups is 2. The van der Waals surface area contributed by atoms with E-state index in [0.29, 0.717) is 37.1 Å². The Balaban J connectivity index is 1.26. The number of unbranched alkanes of at least 4 members (excludes halogenated alkanes) is 1. The highest BCUT2D eigenvalue weighted by molar-refractivity contribution is 5.90. The maximum atomic E-state index is 12.4. The summed E-state index contributed by atoms with van der Waals surface area (Å²) in [7, 11) is 1.85. The summed E-state index contributed by atoms with van der Waals surface area (Å²) in [5.74, 6) is 1.83. The minimum absolute atomic E-state index is 0.0825. The highest BCUT2D eigenvalue weighted by Crippen LogP contribution is 2.37. The highest BCUT2D eigenvalue weighted by Gasteiger charge is 2.35. The lowest BCUT2D eigenvalue weighted by molar-refractivity contribution is -0.130. The number of carbonyl (C=O) groups excluding carboxylic acids is 2. The van der Waals surface area contributed by atoms with Crippen LogP contribution in [0.1, 0.15) is 56.8 Å². The Labute approximate surface area is 179 Å². The number of rotatable bonds is 10. The predicted octanol–water partition coefficient (Wildman–Crippen LogP) is 2.36. The van der Waals surface area contributed by atoms with Gasteiger partial charge in [-0.3, -0.25) is 9.59 Å². The minimum Gasteiger partial charge on any atom is -0.364 e. The van der Waals surface area contributed by atoms with E-state index in [9.17, 15) is 9.59 Å². The Morgan fingerprint density at radius 1 is 1.10 bits per heavy atom. The molecule has 1 aliphatic heterocycles. The van der Waals surface area contributed by atoms with Gasteiger partial charge in [-0.15, -0.1) is 0 Å². The summed E-state index contributed by atoms with van der Waals surface area (Å²) in [5, 5.41) is 21.0. The van der Waals surface area contributed by atoms with Crippen molar-refractivity contribution in [3.05, 3.63) is 29.8 Å². The van der Waals surface area contributed by atoms with Gasteiger partial charge in [0.1, 0.15) is 0 Å². The summed E-state index contributed by atoms with van der Waals surface area (Å²) < 4.78 is 0. The van der Waals surface area contributed by atoms with Gasteiger partial charge in [-0.05, 0) is 49.7 Å². The number of benzene rings is 1. The Kier molecular flexibility index (Phi) is 8.24. The van der Waals surface area contributed by atoms with Crippen molar-refractivity contribution in [1.82, 2.24) is 9.80 Å². The number of nitrogens with zero attached hydrogens (tertiary/aromatic N) is 2. The molecule has 0 bridgehead atoms. The SMILES string of the molecule is CN(CCCCC(=O)Nc1ccc(C(O)O)cc1)C(=O)CCN1CC2CCCC2C1. The van der Waals surface area contributed by atoms with E-state index >= 15 is 0 Å². The van der Waals surface area contributed by atoms with Crippen LogP contribution in [-0.4, -0.2) is 65.1 Å². The summed E-state index contributed by atoms with van der Waals surface area (Å²) >= 11 is 0. The van der Waals surface area contributed by atoms with E-state index in [4.69, 9.17) is 10.2 Å². The number of hydrogen-bond acceptors (Lipinski definition) is 5. The molecule has 1 aromatic carbocycles. The van der Waals surface area contributed by atoms with Gasteiger partial charge in [0.05, 0.1) is 0 Å². The van der Waals surface area contributed by atoms with Gasteiger partial charge in [0.15, 0.2) is 6.29 Å². The number of aliphatic hydroxyl groups excluding tert-OH is 1. The smallest absolute Gasteiger partial charge is 0.224 e. The van der Waals surface area contributed by atoms with Crippen LogP contribution in [-0.2, 0) is 9.59 Å². The van der Waals surface area contributed by atoms with Crippen LogP contribution in [0.4, 0.5) is 5.69 Å². The third kappa shape index (κ3) is 6.52. The second kappa shape index (κ2) is 10.9. The van der Waals surface area contributed by atoms with Crippen LogP contribution in [0.3, 0.4) is 0 Å². The third-order valence-electron chi connectivity index (χ3n) is 6.51. The molecule has 3 rings (SSSR count). The van der Waals surface area contributed by atoms with Gasteiger partial charge >= 0.3 is 0 Å². The number of amides is 2. The molecule has 7 heteroatoms. The quantitative estimate of drug-likeness (QED) is 0.401. The van der Waals surface area contributed by atoms with Gasteiger partial charge in [0, 0.05) is 57.3 Å². The van der Waals surface area contributed by atoms with Crippen molar-refractivity contribution in [1.29, 1.82) is 0 Å². The van der Waals surface area contributed by atoms with E-state index in [1.165, 1.54) is 32.4 Å². The van der Waals surface area contributed by atoms with E-state index in [2.05, 4.69) is 10.2 Å². The fraction of sp³-hybridized carbons (Fsp3) is 0.652. The molecule has 0 aromatic heterocycles.